The first-order chi connectivity index (χ1) is 9.06. The van der Waals surface area contributed by atoms with Gasteiger partial charge in [-0.05, 0) is 36.3 Å². The zero-order chi connectivity index (χ0) is 13.5. The van der Waals surface area contributed by atoms with Crippen molar-refractivity contribution in [3.63, 3.8) is 0 Å². The van der Waals surface area contributed by atoms with Crippen LogP contribution in [0.15, 0.2) is 48.2 Å². The average molecular weight is 254 g/mol. The van der Waals surface area contributed by atoms with Crippen LogP contribution in [0.25, 0.3) is 16.8 Å². The number of fused-ring (bicyclic) bond motifs is 1. The smallest absolute Gasteiger partial charge is 0.420 e. The highest BCUT2D eigenvalue weighted by molar-refractivity contribution is 5.91. The molecule has 0 aliphatic carbocycles. The Balaban J connectivity index is 2.13. The van der Waals surface area contributed by atoms with E-state index in [1.807, 2.05) is 50.3 Å². The summed E-state index contributed by atoms with van der Waals surface area (Å²) >= 11 is 0. The summed E-state index contributed by atoms with van der Waals surface area (Å²) in [6.45, 7) is 3.63. The Morgan fingerprint density at radius 2 is 1.79 bits per heavy atom. The van der Waals surface area contributed by atoms with Crippen LogP contribution in [0.2, 0.25) is 0 Å². The summed E-state index contributed by atoms with van der Waals surface area (Å²) in [6.07, 6.45) is 1.23. The summed E-state index contributed by atoms with van der Waals surface area (Å²) in [5.41, 5.74) is 0.299. The molecular formula is C16H14O3. The monoisotopic (exact) mass is 254 g/mol. The normalized spacial score (nSPS) is 19.5. The topological polar surface area (TPSA) is 35.5 Å². The van der Waals surface area contributed by atoms with Crippen molar-refractivity contribution < 1.29 is 14.3 Å². The van der Waals surface area contributed by atoms with Gasteiger partial charge >= 0.3 is 6.16 Å². The fourth-order valence-corrected chi connectivity index (χ4v) is 2.21. The second-order valence-electron chi connectivity index (χ2n) is 5.04. The first-order valence-corrected chi connectivity index (χ1v) is 6.17. The standard InChI is InChI=1S/C16H14O3/c1-16(2)14(18-15(17)19-16)10-12-8-5-7-11-6-3-4-9-13(11)12/h3-10H,1-2H3/b14-10-. The number of hydrogen-bond donors (Lipinski definition) is 0. The number of ether oxygens (including phenoxy) is 2. The molecule has 96 valence electrons. The molecule has 0 bridgehead atoms. The summed E-state index contributed by atoms with van der Waals surface area (Å²) in [5, 5.41) is 2.27. The average Bonchev–Trinajstić information content (AvgIpc) is 2.62. The molecule has 0 N–H and O–H groups in total. The van der Waals surface area contributed by atoms with Crippen LogP contribution in [0.5, 0.6) is 0 Å². The van der Waals surface area contributed by atoms with Crippen molar-refractivity contribution in [1.82, 2.24) is 0 Å². The van der Waals surface area contributed by atoms with Crippen LogP contribution in [-0.4, -0.2) is 11.8 Å². The minimum Gasteiger partial charge on any atom is -0.420 e. The van der Waals surface area contributed by atoms with Crippen LogP contribution in [0.1, 0.15) is 19.4 Å². The van der Waals surface area contributed by atoms with Crippen LogP contribution in [0.4, 0.5) is 4.79 Å². The highest BCUT2D eigenvalue weighted by atomic mass is 16.8. The number of hydrogen-bond acceptors (Lipinski definition) is 3. The number of benzene rings is 2. The number of rotatable bonds is 1. The van der Waals surface area contributed by atoms with E-state index in [9.17, 15) is 4.79 Å². The van der Waals surface area contributed by atoms with E-state index in [4.69, 9.17) is 9.47 Å². The van der Waals surface area contributed by atoms with Gasteiger partial charge in [0.05, 0.1) is 0 Å². The molecule has 3 heteroatoms. The summed E-state index contributed by atoms with van der Waals surface area (Å²) in [4.78, 5) is 11.2. The zero-order valence-electron chi connectivity index (χ0n) is 10.8. The van der Waals surface area contributed by atoms with Crippen LogP contribution in [-0.2, 0) is 9.47 Å². The Labute approximate surface area is 111 Å². The molecule has 1 aliphatic rings. The molecule has 0 spiro atoms. The molecule has 0 unspecified atom stereocenters. The van der Waals surface area contributed by atoms with Crippen LogP contribution < -0.4 is 0 Å². The fraction of sp³-hybridized carbons (Fsp3) is 0.188. The maximum atomic E-state index is 11.2. The summed E-state index contributed by atoms with van der Waals surface area (Å²) in [7, 11) is 0. The molecule has 2 aromatic rings. The zero-order valence-corrected chi connectivity index (χ0v) is 10.8. The maximum absolute atomic E-state index is 11.2. The molecule has 19 heavy (non-hydrogen) atoms. The third-order valence-electron chi connectivity index (χ3n) is 3.24. The predicted molar refractivity (Wildman–Crippen MR) is 73.6 cm³/mol. The molecule has 0 saturated carbocycles. The third kappa shape index (κ3) is 2.08. The molecule has 1 fully saturated rings. The van der Waals surface area contributed by atoms with Crippen LogP contribution in [0.3, 0.4) is 0 Å². The molecule has 0 amide bonds. The van der Waals surface area contributed by atoms with Gasteiger partial charge in [0, 0.05) is 0 Å². The van der Waals surface area contributed by atoms with Gasteiger partial charge in [-0.15, -0.1) is 0 Å². The third-order valence-corrected chi connectivity index (χ3v) is 3.24. The van der Waals surface area contributed by atoms with Gasteiger partial charge in [-0.2, -0.15) is 0 Å². The van der Waals surface area contributed by atoms with E-state index in [0.717, 1.165) is 16.3 Å². The molecule has 0 aromatic heterocycles. The van der Waals surface area contributed by atoms with Gasteiger partial charge in [0.2, 0.25) is 0 Å². The van der Waals surface area contributed by atoms with Gasteiger partial charge in [-0.1, -0.05) is 42.5 Å². The van der Waals surface area contributed by atoms with Gasteiger partial charge < -0.3 is 9.47 Å². The molecule has 1 heterocycles. The van der Waals surface area contributed by atoms with E-state index in [-0.39, 0.29) is 0 Å². The lowest BCUT2D eigenvalue weighted by atomic mass is 10.0. The lowest BCUT2D eigenvalue weighted by molar-refractivity contribution is 0.0873. The van der Waals surface area contributed by atoms with Crippen molar-refractivity contribution >= 4 is 23.0 Å². The van der Waals surface area contributed by atoms with E-state index >= 15 is 0 Å². The Morgan fingerprint density at radius 3 is 2.53 bits per heavy atom. The van der Waals surface area contributed by atoms with Gasteiger partial charge in [-0.3, -0.25) is 0 Å². The van der Waals surface area contributed by atoms with Crippen molar-refractivity contribution in [2.24, 2.45) is 0 Å². The summed E-state index contributed by atoms with van der Waals surface area (Å²) < 4.78 is 10.2. The fourth-order valence-electron chi connectivity index (χ4n) is 2.21. The first kappa shape index (κ1) is 11.8. The Morgan fingerprint density at radius 1 is 1.05 bits per heavy atom. The van der Waals surface area contributed by atoms with Crippen molar-refractivity contribution in [2.45, 2.75) is 19.4 Å². The number of cyclic esters (lactones) is 2. The van der Waals surface area contributed by atoms with Gasteiger partial charge in [0.25, 0.3) is 0 Å². The lowest BCUT2D eigenvalue weighted by Gasteiger charge is -2.14. The van der Waals surface area contributed by atoms with Crippen LogP contribution >= 0.6 is 0 Å². The predicted octanol–water partition coefficient (Wildman–Crippen LogP) is 4.13. The number of carbonyl (C=O) groups excluding carboxylic acids is 1. The minimum absolute atomic E-state index is 0.536. The van der Waals surface area contributed by atoms with E-state index in [2.05, 4.69) is 12.1 Å². The van der Waals surface area contributed by atoms with E-state index < -0.39 is 11.8 Å². The maximum Gasteiger partial charge on any atom is 0.514 e. The van der Waals surface area contributed by atoms with Crippen molar-refractivity contribution in [1.29, 1.82) is 0 Å². The summed E-state index contributed by atoms with van der Waals surface area (Å²) in [6, 6.07) is 14.1. The first-order valence-electron chi connectivity index (χ1n) is 6.17. The molecule has 3 nitrogen and oxygen atoms in total. The second-order valence-corrected chi connectivity index (χ2v) is 5.04. The molecule has 0 atom stereocenters. The summed E-state index contributed by atoms with van der Waals surface area (Å²) in [5.74, 6) is 0.536. The highest BCUT2D eigenvalue weighted by Gasteiger charge is 2.39. The SMILES string of the molecule is CC1(C)OC(=O)O/C1=C\c1cccc2ccccc12. The van der Waals surface area contributed by atoms with Crippen molar-refractivity contribution in [3.8, 4) is 0 Å². The van der Waals surface area contributed by atoms with E-state index in [0.29, 0.717) is 5.76 Å². The molecule has 1 saturated heterocycles. The van der Waals surface area contributed by atoms with Crippen LogP contribution in [0, 0.1) is 0 Å². The van der Waals surface area contributed by atoms with Gasteiger partial charge in [-0.25, -0.2) is 4.79 Å². The Kier molecular flexibility index (Phi) is 2.56. The second kappa shape index (κ2) is 4.12. The van der Waals surface area contributed by atoms with Crippen molar-refractivity contribution in [3.05, 3.63) is 53.8 Å². The Hall–Kier alpha value is -2.29. The lowest BCUT2D eigenvalue weighted by Crippen LogP contribution is -2.20. The molecule has 1 aliphatic heterocycles. The minimum atomic E-state index is -0.714. The quantitative estimate of drug-likeness (QED) is 0.718. The van der Waals surface area contributed by atoms with E-state index in [1.165, 1.54) is 0 Å². The molecule has 2 aromatic carbocycles. The highest BCUT2D eigenvalue weighted by Crippen LogP contribution is 2.32. The molecule has 0 radical (unpaired) electrons. The van der Waals surface area contributed by atoms with Gasteiger partial charge in [0.15, 0.2) is 11.4 Å². The van der Waals surface area contributed by atoms with E-state index in [1.54, 1.807) is 0 Å². The molecular weight excluding hydrogens is 240 g/mol. The van der Waals surface area contributed by atoms with Gasteiger partial charge in [0.1, 0.15) is 0 Å². The number of carbonyl (C=O) groups is 1. The molecule has 3 rings (SSSR count). The largest absolute Gasteiger partial charge is 0.514 e. The van der Waals surface area contributed by atoms with Crippen molar-refractivity contribution in [2.75, 3.05) is 0 Å². The Bertz CT molecular complexity index is 678.